The summed E-state index contributed by atoms with van der Waals surface area (Å²) in [7, 11) is 1.62. The van der Waals surface area contributed by atoms with Gasteiger partial charge < -0.3 is 9.84 Å². The summed E-state index contributed by atoms with van der Waals surface area (Å²) in [5, 5.41) is 12.2. The number of methoxy groups -OCH3 is 1. The van der Waals surface area contributed by atoms with Gasteiger partial charge in [-0.2, -0.15) is 0 Å². The Bertz CT molecular complexity index is 455. The monoisotopic (exact) mass is 331 g/mol. The van der Waals surface area contributed by atoms with Crippen LogP contribution in [-0.4, -0.2) is 30.0 Å². The Hall–Kier alpha value is -0.720. The van der Waals surface area contributed by atoms with Crippen molar-refractivity contribution in [2.75, 3.05) is 12.9 Å². The Morgan fingerprint density at radius 2 is 2.39 bits per heavy atom. The van der Waals surface area contributed by atoms with Crippen LogP contribution < -0.4 is 10.1 Å². The first kappa shape index (κ1) is 13.7. The molecule has 0 amide bonds. The molecule has 0 bridgehead atoms. The SMILES string of the molecule is COc1ccc(C2NC(C(=O)O)CCS2)cc1Br. The van der Waals surface area contributed by atoms with Gasteiger partial charge in [0.05, 0.1) is 17.0 Å². The molecule has 1 aliphatic rings. The molecule has 2 unspecified atom stereocenters. The number of thioether (sulfide) groups is 1. The number of ether oxygens (including phenoxy) is 1. The van der Waals surface area contributed by atoms with E-state index in [9.17, 15) is 4.79 Å². The smallest absolute Gasteiger partial charge is 0.320 e. The molecule has 98 valence electrons. The lowest BCUT2D eigenvalue weighted by Gasteiger charge is -2.28. The second kappa shape index (κ2) is 5.95. The molecule has 1 aliphatic heterocycles. The lowest BCUT2D eigenvalue weighted by Crippen LogP contribution is -2.41. The topological polar surface area (TPSA) is 58.6 Å². The van der Waals surface area contributed by atoms with Gasteiger partial charge in [0.2, 0.25) is 0 Å². The fourth-order valence-electron chi connectivity index (χ4n) is 1.85. The zero-order valence-electron chi connectivity index (χ0n) is 9.85. The Labute approximate surface area is 118 Å². The van der Waals surface area contributed by atoms with Crippen LogP contribution in [0.4, 0.5) is 0 Å². The first-order valence-electron chi connectivity index (χ1n) is 5.55. The first-order chi connectivity index (χ1) is 8.61. The Kier molecular flexibility index (Phi) is 4.53. The number of aliphatic carboxylic acids is 1. The number of rotatable bonds is 3. The minimum Gasteiger partial charge on any atom is -0.496 e. The van der Waals surface area contributed by atoms with Gasteiger partial charge in [0, 0.05) is 0 Å². The maximum absolute atomic E-state index is 11.0. The quantitative estimate of drug-likeness (QED) is 0.891. The largest absolute Gasteiger partial charge is 0.496 e. The standard InChI is InChI=1S/C12H14BrNO3S/c1-17-10-3-2-7(6-8(10)13)11-14-9(12(15)16)4-5-18-11/h2-3,6,9,11,14H,4-5H2,1H3,(H,15,16). The third-order valence-electron chi connectivity index (χ3n) is 2.82. The number of carbonyl (C=O) groups is 1. The maximum atomic E-state index is 11.0. The van der Waals surface area contributed by atoms with Gasteiger partial charge in [0.25, 0.3) is 0 Å². The zero-order valence-corrected chi connectivity index (χ0v) is 12.3. The van der Waals surface area contributed by atoms with Crippen LogP contribution in [0.2, 0.25) is 0 Å². The molecule has 2 N–H and O–H groups in total. The molecule has 2 rings (SSSR count). The van der Waals surface area contributed by atoms with Crippen LogP contribution in [0.25, 0.3) is 0 Å². The normalized spacial score (nSPS) is 23.7. The molecule has 0 aliphatic carbocycles. The Morgan fingerprint density at radius 1 is 1.61 bits per heavy atom. The van der Waals surface area contributed by atoms with Gasteiger partial charge in [-0.15, -0.1) is 11.8 Å². The van der Waals surface area contributed by atoms with E-state index in [1.165, 1.54) is 0 Å². The van der Waals surface area contributed by atoms with Crippen LogP contribution in [0.5, 0.6) is 5.75 Å². The van der Waals surface area contributed by atoms with Gasteiger partial charge in [-0.25, -0.2) is 0 Å². The third-order valence-corrected chi connectivity index (χ3v) is 4.65. The molecule has 1 aromatic rings. The highest BCUT2D eigenvalue weighted by Gasteiger charge is 2.27. The van der Waals surface area contributed by atoms with Crippen molar-refractivity contribution in [2.45, 2.75) is 17.8 Å². The van der Waals surface area contributed by atoms with E-state index in [2.05, 4.69) is 21.2 Å². The highest BCUT2D eigenvalue weighted by Crippen LogP contribution is 2.35. The minimum atomic E-state index is -0.784. The molecular weight excluding hydrogens is 318 g/mol. The summed E-state index contributed by atoms with van der Waals surface area (Å²) in [6, 6.07) is 5.34. The fraction of sp³-hybridized carbons (Fsp3) is 0.417. The van der Waals surface area contributed by atoms with Gasteiger partial charge in [-0.3, -0.25) is 10.1 Å². The molecule has 0 saturated carbocycles. The lowest BCUT2D eigenvalue weighted by atomic mass is 10.1. The molecule has 6 heteroatoms. The average Bonchev–Trinajstić information content (AvgIpc) is 2.38. The minimum absolute atomic E-state index is 0.0158. The lowest BCUT2D eigenvalue weighted by molar-refractivity contribution is -0.139. The second-order valence-corrected chi connectivity index (χ2v) is 6.06. The molecule has 0 radical (unpaired) electrons. The van der Waals surface area contributed by atoms with Crippen molar-refractivity contribution in [1.82, 2.24) is 5.32 Å². The molecule has 4 nitrogen and oxygen atoms in total. The molecule has 0 spiro atoms. The molecule has 1 heterocycles. The first-order valence-corrected chi connectivity index (χ1v) is 7.40. The second-order valence-electron chi connectivity index (χ2n) is 3.99. The van der Waals surface area contributed by atoms with Crippen molar-refractivity contribution in [1.29, 1.82) is 0 Å². The van der Waals surface area contributed by atoms with Gasteiger partial charge in [-0.05, 0) is 45.8 Å². The predicted molar refractivity (Wildman–Crippen MR) is 75.1 cm³/mol. The number of halogens is 1. The molecular formula is C12H14BrNO3S. The summed E-state index contributed by atoms with van der Waals surface area (Å²) in [5.74, 6) is 0.834. The number of nitrogens with one attached hydrogen (secondary N) is 1. The molecule has 18 heavy (non-hydrogen) atoms. The van der Waals surface area contributed by atoms with Crippen LogP contribution in [-0.2, 0) is 4.79 Å². The third kappa shape index (κ3) is 2.99. The molecule has 1 saturated heterocycles. The number of carboxylic acid groups (broad SMARTS) is 1. The summed E-state index contributed by atoms with van der Waals surface area (Å²) < 4.78 is 6.06. The number of hydrogen-bond donors (Lipinski definition) is 2. The summed E-state index contributed by atoms with van der Waals surface area (Å²) in [4.78, 5) is 11.0. The predicted octanol–water partition coefficient (Wildman–Crippen LogP) is 2.64. The van der Waals surface area contributed by atoms with Crippen molar-refractivity contribution >= 4 is 33.7 Å². The van der Waals surface area contributed by atoms with E-state index in [4.69, 9.17) is 9.84 Å². The molecule has 0 aromatic heterocycles. The molecule has 1 fully saturated rings. The van der Waals surface area contributed by atoms with E-state index in [0.29, 0.717) is 6.42 Å². The number of carboxylic acids is 1. The molecule has 2 atom stereocenters. The van der Waals surface area contributed by atoms with E-state index in [1.54, 1.807) is 18.9 Å². The number of hydrogen-bond acceptors (Lipinski definition) is 4. The summed E-state index contributed by atoms with van der Waals surface area (Å²) in [6.07, 6.45) is 0.661. The average molecular weight is 332 g/mol. The van der Waals surface area contributed by atoms with Crippen LogP contribution in [0, 0.1) is 0 Å². The van der Waals surface area contributed by atoms with Crippen LogP contribution in [0.15, 0.2) is 22.7 Å². The van der Waals surface area contributed by atoms with Crippen LogP contribution in [0.1, 0.15) is 17.4 Å². The van der Waals surface area contributed by atoms with Crippen molar-refractivity contribution in [3.05, 3.63) is 28.2 Å². The van der Waals surface area contributed by atoms with E-state index in [0.717, 1.165) is 21.5 Å². The van der Waals surface area contributed by atoms with E-state index in [-0.39, 0.29) is 5.37 Å². The van der Waals surface area contributed by atoms with Gasteiger partial charge in [0.15, 0.2) is 0 Å². The van der Waals surface area contributed by atoms with E-state index < -0.39 is 12.0 Å². The van der Waals surface area contributed by atoms with Crippen molar-refractivity contribution in [2.24, 2.45) is 0 Å². The Morgan fingerprint density at radius 3 is 3.00 bits per heavy atom. The van der Waals surface area contributed by atoms with Gasteiger partial charge >= 0.3 is 5.97 Å². The summed E-state index contributed by atoms with van der Waals surface area (Å²) in [5.41, 5.74) is 1.05. The summed E-state index contributed by atoms with van der Waals surface area (Å²) >= 11 is 5.16. The van der Waals surface area contributed by atoms with E-state index in [1.807, 2.05) is 18.2 Å². The summed E-state index contributed by atoms with van der Waals surface area (Å²) in [6.45, 7) is 0. The number of benzene rings is 1. The van der Waals surface area contributed by atoms with Gasteiger partial charge in [-0.1, -0.05) is 6.07 Å². The van der Waals surface area contributed by atoms with E-state index >= 15 is 0 Å². The molecule has 1 aromatic carbocycles. The van der Waals surface area contributed by atoms with Gasteiger partial charge in [0.1, 0.15) is 11.8 Å². The highest BCUT2D eigenvalue weighted by molar-refractivity contribution is 9.10. The fourth-order valence-corrected chi connectivity index (χ4v) is 3.62. The maximum Gasteiger partial charge on any atom is 0.320 e. The highest BCUT2D eigenvalue weighted by atomic mass is 79.9. The van der Waals surface area contributed by atoms with Crippen molar-refractivity contribution in [3.8, 4) is 5.75 Å². The van der Waals surface area contributed by atoms with Crippen LogP contribution in [0.3, 0.4) is 0 Å². The van der Waals surface area contributed by atoms with Crippen molar-refractivity contribution in [3.63, 3.8) is 0 Å². The Balaban J connectivity index is 2.16. The van der Waals surface area contributed by atoms with Crippen LogP contribution >= 0.6 is 27.7 Å². The van der Waals surface area contributed by atoms with Crippen molar-refractivity contribution < 1.29 is 14.6 Å². The zero-order chi connectivity index (χ0) is 13.1.